The van der Waals surface area contributed by atoms with Crippen LogP contribution in [-0.4, -0.2) is 45.8 Å². The second-order valence-corrected chi connectivity index (χ2v) is 17.6. The molecule has 2 fully saturated rings. The quantitative estimate of drug-likeness (QED) is 0.154. The van der Waals surface area contributed by atoms with Crippen molar-refractivity contribution in [1.82, 2.24) is 19.6 Å². The smallest absolute Gasteiger partial charge is 0.441 e. The van der Waals surface area contributed by atoms with E-state index in [0.29, 0.717) is 0 Å². The predicted octanol–water partition coefficient (Wildman–Crippen LogP) is 13.3. The summed E-state index contributed by atoms with van der Waals surface area (Å²) in [5.41, 5.74) is 19.8. The van der Waals surface area contributed by atoms with Gasteiger partial charge in [-0.25, -0.2) is 13.3 Å². The average Bonchev–Trinajstić information content (AvgIpc) is 3.34. The van der Waals surface area contributed by atoms with E-state index in [9.17, 15) is 0 Å². The molecule has 3 aliphatic rings. The van der Waals surface area contributed by atoms with E-state index in [1.165, 1.54) is 89.0 Å². The minimum Gasteiger partial charge on any atom is -0.441 e. The minimum atomic E-state index is 0. The topological polar surface area (TPSA) is 13.0 Å². The molecule has 0 aliphatic carbocycles. The van der Waals surface area contributed by atoms with Gasteiger partial charge in [-0.15, -0.1) is 33.4 Å². The Balaban J connectivity index is 0.00000498. The molecule has 65 heavy (non-hydrogen) atoms. The van der Waals surface area contributed by atoms with Gasteiger partial charge in [-0.1, -0.05) is 158 Å². The molecule has 8 bridgehead atoms. The van der Waals surface area contributed by atoms with E-state index in [-0.39, 0.29) is 21.1 Å². The van der Waals surface area contributed by atoms with E-state index in [1.54, 1.807) is 0 Å². The zero-order valence-corrected chi connectivity index (χ0v) is 38.9. The fraction of sp³-hybridized carbons (Fsp3) is 0.167. The van der Waals surface area contributed by atoms with Crippen molar-refractivity contribution in [2.75, 3.05) is 26.2 Å². The molecule has 0 N–H and O–H groups in total. The predicted molar refractivity (Wildman–Crippen MR) is 263 cm³/mol. The van der Waals surface area contributed by atoms with Gasteiger partial charge < -0.3 is 19.6 Å². The number of nitrogens with zero attached hydrogens (tertiary/aromatic N) is 4. The van der Waals surface area contributed by atoms with Gasteiger partial charge in [0, 0.05) is 0 Å². The molecule has 0 aromatic heterocycles. The largest absolute Gasteiger partial charge is 4.00 e. The fourth-order valence-corrected chi connectivity index (χ4v) is 10.2. The van der Waals surface area contributed by atoms with Gasteiger partial charge in [0.2, 0.25) is 0 Å². The number of hydrogen-bond acceptors (Lipinski definition) is 4. The van der Waals surface area contributed by atoms with Crippen LogP contribution in [0, 0.1) is 25.5 Å². The summed E-state index contributed by atoms with van der Waals surface area (Å²) in [6.07, 6.45) is 2.19. The van der Waals surface area contributed by atoms with Crippen LogP contribution < -0.4 is 0 Å². The Hall–Kier alpha value is -5.71. The van der Waals surface area contributed by atoms with Crippen molar-refractivity contribution >= 4 is 0 Å². The van der Waals surface area contributed by atoms with Crippen LogP contribution in [0.4, 0.5) is 0 Å². The average molecular weight is 1020 g/mol. The molecule has 0 radical (unpaired) electrons. The van der Waals surface area contributed by atoms with Crippen LogP contribution in [-0.2, 0) is 47.2 Å². The first-order valence-corrected chi connectivity index (χ1v) is 22.9. The van der Waals surface area contributed by atoms with Gasteiger partial charge in [0.1, 0.15) is 0 Å². The van der Waals surface area contributed by atoms with Gasteiger partial charge in [0.05, 0.1) is 0 Å². The fourth-order valence-electron chi connectivity index (χ4n) is 10.2. The van der Waals surface area contributed by atoms with Gasteiger partial charge in [0.25, 0.3) is 0 Å². The van der Waals surface area contributed by atoms with Gasteiger partial charge in [-0.05, 0) is 121 Å². The zero-order valence-electron chi connectivity index (χ0n) is 36.7. The Labute approximate surface area is 400 Å². The van der Waals surface area contributed by atoms with E-state index in [1.807, 2.05) is 0 Å². The molecule has 8 aromatic rings. The molecular weight excluding hydrogens is 972 g/mol. The summed E-state index contributed by atoms with van der Waals surface area (Å²) in [6.45, 7) is 12.0. The molecular formula is C60H52N4Pt. The molecule has 3 aliphatic heterocycles. The van der Waals surface area contributed by atoms with E-state index in [4.69, 9.17) is 0 Å². The first-order valence-electron chi connectivity index (χ1n) is 22.9. The van der Waals surface area contributed by atoms with Crippen LogP contribution in [0.15, 0.2) is 182 Å². The number of benzene rings is 8. The molecule has 4 nitrogen and oxygen atoms in total. The summed E-state index contributed by atoms with van der Waals surface area (Å²) in [5.74, 6) is 0. The molecule has 3 heterocycles. The number of fused-ring (bicyclic) bond motifs is 8. The second kappa shape index (κ2) is 19.8. The summed E-state index contributed by atoms with van der Waals surface area (Å²) in [6, 6.07) is 74.7. The molecule has 11 rings (SSSR count). The van der Waals surface area contributed by atoms with Gasteiger partial charge in [0.15, 0.2) is 0 Å². The van der Waals surface area contributed by atoms with Gasteiger partial charge >= 0.3 is 21.1 Å². The third kappa shape index (κ3) is 9.66. The Bertz CT molecular complexity index is 2490. The molecule has 4 atom stereocenters. The van der Waals surface area contributed by atoms with Crippen LogP contribution in [0.2, 0.25) is 0 Å². The summed E-state index contributed by atoms with van der Waals surface area (Å²) >= 11 is 0. The van der Waals surface area contributed by atoms with E-state index < -0.39 is 0 Å². The van der Waals surface area contributed by atoms with Crippen molar-refractivity contribution in [2.24, 2.45) is 0 Å². The Morgan fingerprint density at radius 3 is 0.831 bits per heavy atom. The Kier molecular flexibility index (Phi) is 13.2. The van der Waals surface area contributed by atoms with Crippen molar-refractivity contribution in [3.8, 4) is 66.8 Å². The van der Waals surface area contributed by atoms with Crippen molar-refractivity contribution < 1.29 is 21.1 Å². The second-order valence-electron chi connectivity index (χ2n) is 17.6. The van der Waals surface area contributed by atoms with Crippen molar-refractivity contribution in [3.63, 3.8) is 0 Å². The zero-order chi connectivity index (χ0) is 42.7. The molecule has 2 saturated heterocycles. The molecule has 322 valence electrons. The van der Waals surface area contributed by atoms with Gasteiger partial charge in [-0.3, -0.25) is 0 Å². The van der Waals surface area contributed by atoms with E-state index >= 15 is 0 Å². The Morgan fingerprint density at radius 2 is 0.569 bits per heavy atom. The molecule has 0 amide bonds. The summed E-state index contributed by atoms with van der Waals surface area (Å²) in [4.78, 5) is 10.0. The third-order valence-corrected chi connectivity index (χ3v) is 12.9. The molecule has 0 saturated carbocycles. The minimum absolute atomic E-state index is 0. The van der Waals surface area contributed by atoms with Gasteiger partial charge in [-0.2, -0.15) is 36.4 Å². The van der Waals surface area contributed by atoms with Crippen LogP contribution in [0.5, 0.6) is 0 Å². The van der Waals surface area contributed by atoms with E-state index in [2.05, 4.69) is 227 Å². The first kappa shape index (κ1) is 43.2. The normalized spacial score (nSPS) is 19.4. The molecule has 0 spiro atoms. The summed E-state index contributed by atoms with van der Waals surface area (Å²) in [5, 5.41) is 0. The number of hydrogen-bond donors (Lipinski definition) is 0. The SMILES string of the molecule is [Pt+4].[c-]1c2cc(-c3c(-c4ccccc4)cccc3-c3ccccc3)cc1CN1[CH-]N(CCC1)Cc1[c-]c(cc(-c3c(-c4ccccc4)cccc3-c3ccccc3)c1)CN1[CH-]N(CCC1)C2. The van der Waals surface area contributed by atoms with Crippen molar-refractivity contribution in [3.05, 3.63) is 230 Å². The van der Waals surface area contributed by atoms with Crippen molar-refractivity contribution in [1.29, 1.82) is 0 Å². The first-order chi connectivity index (χ1) is 31.7. The van der Waals surface area contributed by atoms with E-state index in [0.717, 1.165) is 65.2 Å². The monoisotopic (exact) mass is 1020 g/mol. The van der Waals surface area contributed by atoms with Crippen LogP contribution >= 0.6 is 0 Å². The maximum atomic E-state index is 3.96. The Morgan fingerprint density at radius 1 is 0.308 bits per heavy atom. The molecule has 4 unspecified atom stereocenters. The standard InChI is InChI=1S/C60H52N4.Pt/c1-5-17-49(18-6-1)55-25-13-26-56(50-19-7-2-8-20-50)59(55)53-35-45-33-46(36-53)40-62-30-16-32-64(44-62)42-48-34-47(41-63-31-15-29-61(39-45)43-63)37-54(38-48)60-57(51-21-9-3-10-22-51)27-14-28-58(60)52-23-11-4-12-24-52;/h1-14,17-28,35-38,43-44H,15-16,29-32,39-42H2;/q-4;+4. The maximum absolute atomic E-state index is 3.96. The van der Waals surface area contributed by atoms with Crippen LogP contribution in [0.1, 0.15) is 35.1 Å². The molecule has 5 heteroatoms. The van der Waals surface area contributed by atoms with Crippen molar-refractivity contribution in [2.45, 2.75) is 39.0 Å². The molecule has 8 aromatic carbocycles. The maximum Gasteiger partial charge on any atom is 4.00 e. The summed E-state index contributed by atoms with van der Waals surface area (Å²) in [7, 11) is 0. The van der Waals surface area contributed by atoms with Crippen LogP contribution in [0.25, 0.3) is 66.8 Å². The van der Waals surface area contributed by atoms with Crippen LogP contribution in [0.3, 0.4) is 0 Å². The summed E-state index contributed by atoms with van der Waals surface area (Å²) < 4.78 is 0. The number of rotatable bonds is 6. The third-order valence-electron chi connectivity index (χ3n) is 12.9.